The highest BCUT2D eigenvalue weighted by Crippen LogP contribution is 2.37. The fourth-order valence-electron chi connectivity index (χ4n) is 2.27. The monoisotopic (exact) mass is 399 g/mol. The van der Waals surface area contributed by atoms with Crippen LogP contribution in [-0.2, 0) is 14.8 Å². The molecule has 0 bridgehead atoms. The molecule has 9 heteroatoms. The first-order chi connectivity index (χ1) is 12.2. The molecule has 0 saturated heterocycles. The lowest BCUT2D eigenvalue weighted by molar-refractivity contribution is 0.0600. The van der Waals surface area contributed by atoms with Gasteiger partial charge in [0, 0.05) is 12.1 Å². The minimum Gasteiger partial charge on any atom is -0.495 e. The van der Waals surface area contributed by atoms with Gasteiger partial charge in [0.2, 0.25) is 0 Å². The number of hydrogen-bond acceptors (Lipinski definition) is 6. The molecule has 0 aliphatic heterocycles. The first-order valence-electron chi connectivity index (χ1n) is 7.36. The van der Waals surface area contributed by atoms with Crippen LogP contribution >= 0.6 is 11.6 Å². The number of hydrogen-bond donors (Lipinski definition) is 1. The van der Waals surface area contributed by atoms with Gasteiger partial charge < -0.3 is 14.2 Å². The van der Waals surface area contributed by atoms with Crippen LogP contribution in [0.3, 0.4) is 0 Å². The van der Waals surface area contributed by atoms with Gasteiger partial charge >= 0.3 is 5.97 Å². The van der Waals surface area contributed by atoms with Crippen LogP contribution in [-0.4, -0.2) is 35.7 Å². The summed E-state index contributed by atoms with van der Waals surface area (Å²) >= 11 is 6.03. The van der Waals surface area contributed by atoms with Crippen molar-refractivity contribution in [3.05, 3.63) is 46.5 Å². The molecule has 26 heavy (non-hydrogen) atoms. The van der Waals surface area contributed by atoms with E-state index in [-0.39, 0.29) is 32.7 Å². The van der Waals surface area contributed by atoms with E-state index in [0.29, 0.717) is 5.56 Å². The van der Waals surface area contributed by atoms with Crippen molar-refractivity contribution < 1.29 is 27.4 Å². The first-order valence-corrected chi connectivity index (χ1v) is 9.23. The van der Waals surface area contributed by atoms with Crippen LogP contribution in [0.5, 0.6) is 11.5 Å². The Kier molecular flexibility index (Phi) is 5.99. The SMILES string of the molecule is COC(=O)c1ccc(C)c(S(=O)(=O)Nc2cc(OC)c(Cl)cc2OC)c1. The van der Waals surface area contributed by atoms with Crippen molar-refractivity contribution in [1.82, 2.24) is 0 Å². The Morgan fingerprint density at radius 2 is 1.69 bits per heavy atom. The Bertz CT molecular complexity index is 943. The molecule has 2 aromatic rings. The number of anilines is 1. The van der Waals surface area contributed by atoms with Crippen molar-refractivity contribution in [1.29, 1.82) is 0 Å². The largest absolute Gasteiger partial charge is 0.495 e. The van der Waals surface area contributed by atoms with Crippen LogP contribution in [0.4, 0.5) is 5.69 Å². The Hall–Kier alpha value is -2.45. The number of aryl methyl sites for hydroxylation is 1. The quantitative estimate of drug-likeness (QED) is 0.750. The number of carbonyl (C=O) groups excluding carboxylic acids is 1. The van der Waals surface area contributed by atoms with Crippen molar-refractivity contribution >= 4 is 33.3 Å². The summed E-state index contributed by atoms with van der Waals surface area (Å²) in [5.41, 5.74) is 0.737. The maximum atomic E-state index is 12.8. The zero-order valence-electron chi connectivity index (χ0n) is 14.6. The standard InChI is InChI=1S/C17H18ClNO6S/c1-10-5-6-11(17(20)25-4)7-16(10)26(21,22)19-13-9-14(23-2)12(18)8-15(13)24-3/h5-9,19H,1-4H3. The Labute approximate surface area is 156 Å². The molecule has 1 N–H and O–H groups in total. The van der Waals surface area contributed by atoms with E-state index in [4.69, 9.17) is 21.1 Å². The van der Waals surface area contributed by atoms with Gasteiger partial charge in [0.25, 0.3) is 10.0 Å². The van der Waals surface area contributed by atoms with Gasteiger partial charge in [-0.3, -0.25) is 4.72 Å². The van der Waals surface area contributed by atoms with Crippen molar-refractivity contribution in [3.8, 4) is 11.5 Å². The van der Waals surface area contributed by atoms with Crippen molar-refractivity contribution in [2.45, 2.75) is 11.8 Å². The topological polar surface area (TPSA) is 90.9 Å². The molecule has 0 atom stereocenters. The minimum atomic E-state index is -4.02. The highest BCUT2D eigenvalue weighted by molar-refractivity contribution is 7.92. The number of methoxy groups -OCH3 is 3. The number of ether oxygens (including phenoxy) is 3. The molecule has 7 nitrogen and oxygen atoms in total. The van der Waals surface area contributed by atoms with E-state index in [2.05, 4.69) is 9.46 Å². The Balaban J connectivity index is 2.51. The molecule has 140 valence electrons. The molecule has 0 unspecified atom stereocenters. The summed E-state index contributed by atoms with van der Waals surface area (Å²) < 4.78 is 43.1. The predicted molar refractivity (Wildman–Crippen MR) is 97.9 cm³/mol. The van der Waals surface area contributed by atoms with Crippen LogP contribution in [0, 0.1) is 6.92 Å². The van der Waals surface area contributed by atoms with Gasteiger partial charge in [0.15, 0.2) is 0 Å². The van der Waals surface area contributed by atoms with Crippen LogP contribution in [0.1, 0.15) is 15.9 Å². The Morgan fingerprint density at radius 3 is 2.27 bits per heavy atom. The summed E-state index contributed by atoms with van der Waals surface area (Å²) in [7, 11) is 0.00722. The zero-order valence-corrected chi connectivity index (χ0v) is 16.2. The van der Waals surface area contributed by atoms with Gasteiger partial charge in [0.1, 0.15) is 11.5 Å². The average molecular weight is 400 g/mol. The highest BCUT2D eigenvalue weighted by atomic mass is 35.5. The van der Waals surface area contributed by atoms with E-state index in [0.717, 1.165) is 0 Å². The third kappa shape index (κ3) is 4.03. The molecule has 0 amide bonds. The zero-order chi connectivity index (χ0) is 19.5. The summed E-state index contributed by atoms with van der Waals surface area (Å²) in [5, 5.41) is 0.274. The van der Waals surface area contributed by atoms with Gasteiger partial charge in [0.05, 0.1) is 42.5 Å². The summed E-state index contributed by atoms with van der Waals surface area (Å²) in [5.74, 6) is -0.126. The molecule has 0 aliphatic carbocycles. The van der Waals surface area contributed by atoms with E-state index in [1.807, 2.05) is 0 Å². The smallest absolute Gasteiger partial charge is 0.337 e. The van der Waals surface area contributed by atoms with Gasteiger partial charge in [-0.05, 0) is 24.6 Å². The lowest BCUT2D eigenvalue weighted by atomic mass is 10.1. The summed E-state index contributed by atoms with van der Waals surface area (Å²) in [6.45, 7) is 1.62. The van der Waals surface area contributed by atoms with Crippen LogP contribution < -0.4 is 14.2 Å². The fraction of sp³-hybridized carbons (Fsp3) is 0.235. The normalized spacial score (nSPS) is 11.0. The lowest BCUT2D eigenvalue weighted by Gasteiger charge is -2.15. The third-order valence-electron chi connectivity index (χ3n) is 3.62. The van der Waals surface area contributed by atoms with Crippen LogP contribution in [0.25, 0.3) is 0 Å². The van der Waals surface area contributed by atoms with E-state index in [1.54, 1.807) is 6.92 Å². The van der Waals surface area contributed by atoms with Crippen LogP contribution in [0.2, 0.25) is 5.02 Å². The minimum absolute atomic E-state index is 0.0589. The fourth-order valence-corrected chi connectivity index (χ4v) is 3.84. The summed E-state index contributed by atoms with van der Waals surface area (Å²) in [6, 6.07) is 7.13. The number of rotatable bonds is 6. The molecule has 0 aliphatic rings. The Morgan fingerprint density at radius 1 is 1.04 bits per heavy atom. The highest BCUT2D eigenvalue weighted by Gasteiger charge is 2.22. The third-order valence-corrected chi connectivity index (χ3v) is 5.42. The van der Waals surface area contributed by atoms with E-state index < -0.39 is 16.0 Å². The second-order valence-electron chi connectivity index (χ2n) is 5.26. The number of sulfonamides is 1. The first kappa shape index (κ1) is 19.9. The average Bonchev–Trinajstić information content (AvgIpc) is 2.62. The molecular formula is C17H18ClNO6S. The molecule has 0 radical (unpaired) electrons. The molecule has 0 fully saturated rings. The molecule has 0 spiro atoms. The number of halogens is 1. The van der Waals surface area contributed by atoms with Gasteiger partial charge in [-0.2, -0.15) is 0 Å². The number of nitrogens with one attached hydrogen (secondary N) is 1. The summed E-state index contributed by atoms with van der Waals surface area (Å²) in [4.78, 5) is 11.6. The van der Waals surface area contributed by atoms with Gasteiger partial charge in [-0.15, -0.1) is 0 Å². The molecule has 2 aromatic carbocycles. The predicted octanol–water partition coefficient (Wildman–Crippen LogP) is 3.25. The molecule has 0 aromatic heterocycles. The molecule has 2 rings (SSSR count). The van der Waals surface area contributed by atoms with E-state index >= 15 is 0 Å². The van der Waals surface area contributed by atoms with E-state index in [1.165, 1.54) is 51.7 Å². The molecule has 0 saturated carbocycles. The lowest BCUT2D eigenvalue weighted by Crippen LogP contribution is -2.16. The molecule has 0 heterocycles. The number of benzene rings is 2. The summed E-state index contributed by atoms with van der Waals surface area (Å²) in [6.07, 6.45) is 0. The van der Waals surface area contributed by atoms with E-state index in [9.17, 15) is 13.2 Å². The van der Waals surface area contributed by atoms with Crippen molar-refractivity contribution in [3.63, 3.8) is 0 Å². The van der Waals surface area contributed by atoms with Crippen molar-refractivity contribution in [2.75, 3.05) is 26.1 Å². The number of carbonyl (C=O) groups is 1. The second kappa shape index (κ2) is 7.84. The second-order valence-corrected chi connectivity index (χ2v) is 7.32. The van der Waals surface area contributed by atoms with Crippen LogP contribution in [0.15, 0.2) is 35.2 Å². The van der Waals surface area contributed by atoms with Crippen molar-refractivity contribution in [2.24, 2.45) is 0 Å². The molecular weight excluding hydrogens is 382 g/mol. The number of esters is 1. The maximum Gasteiger partial charge on any atom is 0.337 e. The maximum absolute atomic E-state index is 12.8. The van der Waals surface area contributed by atoms with Gasteiger partial charge in [-0.25, -0.2) is 13.2 Å². The van der Waals surface area contributed by atoms with Gasteiger partial charge in [-0.1, -0.05) is 17.7 Å².